The van der Waals surface area contributed by atoms with E-state index in [4.69, 9.17) is 4.42 Å². The van der Waals surface area contributed by atoms with Crippen molar-refractivity contribution in [2.45, 2.75) is 26.3 Å². The summed E-state index contributed by atoms with van der Waals surface area (Å²) in [6.07, 6.45) is 6.25. The van der Waals surface area contributed by atoms with Crippen LogP contribution in [-0.4, -0.2) is 31.1 Å². The number of rotatable bonds is 5. The lowest BCUT2D eigenvalue weighted by Crippen LogP contribution is -2.35. The minimum absolute atomic E-state index is 0.869. The number of nitrogens with zero attached hydrogens (tertiary/aromatic N) is 1. The molecular formula is C13H22N2O. The van der Waals surface area contributed by atoms with E-state index in [1.165, 1.54) is 38.0 Å². The average molecular weight is 222 g/mol. The van der Waals surface area contributed by atoms with Crippen LogP contribution in [0.3, 0.4) is 0 Å². The Morgan fingerprint density at radius 3 is 2.88 bits per heavy atom. The maximum atomic E-state index is 5.11. The van der Waals surface area contributed by atoms with Gasteiger partial charge in [0, 0.05) is 18.7 Å². The summed E-state index contributed by atoms with van der Waals surface area (Å²) in [6.45, 7) is 7.98. The van der Waals surface area contributed by atoms with E-state index in [0.29, 0.717) is 0 Å². The maximum Gasteiger partial charge on any atom is 0.0947 e. The van der Waals surface area contributed by atoms with Crippen LogP contribution in [-0.2, 0) is 6.54 Å². The normalized spacial score (nSPS) is 18.1. The van der Waals surface area contributed by atoms with E-state index in [2.05, 4.69) is 23.2 Å². The van der Waals surface area contributed by atoms with Gasteiger partial charge in [0.1, 0.15) is 0 Å². The van der Waals surface area contributed by atoms with Crippen LogP contribution in [0.2, 0.25) is 0 Å². The standard InChI is InChI=1S/C13H22N2O/c1-2-15(10-13-5-8-16-11-13)9-12-3-6-14-7-4-12/h5,8,11-12,14H,2-4,6-7,9-10H2,1H3. The molecule has 2 rings (SSSR count). The van der Waals surface area contributed by atoms with Crippen LogP contribution < -0.4 is 5.32 Å². The SMILES string of the molecule is CCN(Cc1ccoc1)CC1CCNCC1. The molecule has 0 aromatic carbocycles. The van der Waals surface area contributed by atoms with Gasteiger partial charge in [0.2, 0.25) is 0 Å². The molecule has 1 N–H and O–H groups in total. The van der Waals surface area contributed by atoms with Gasteiger partial charge in [0.15, 0.2) is 0 Å². The zero-order chi connectivity index (χ0) is 11.2. The zero-order valence-corrected chi connectivity index (χ0v) is 10.1. The van der Waals surface area contributed by atoms with Crippen molar-refractivity contribution in [2.24, 2.45) is 5.92 Å². The van der Waals surface area contributed by atoms with Gasteiger partial charge in [-0.25, -0.2) is 0 Å². The summed E-state index contributed by atoms with van der Waals surface area (Å²) in [7, 11) is 0. The van der Waals surface area contributed by atoms with Gasteiger partial charge in [0.25, 0.3) is 0 Å². The van der Waals surface area contributed by atoms with Crippen LogP contribution in [0, 0.1) is 5.92 Å². The highest BCUT2D eigenvalue weighted by molar-refractivity contribution is 5.04. The van der Waals surface area contributed by atoms with Gasteiger partial charge in [-0.2, -0.15) is 0 Å². The van der Waals surface area contributed by atoms with Crippen molar-refractivity contribution < 1.29 is 4.42 Å². The minimum atomic E-state index is 0.869. The largest absolute Gasteiger partial charge is 0.472 e. The molecule has 1 aromatic heterocycles. The van der Waals surface area contributed by atoms with Crippen molar-refractivity contribution in [3.05, 3.63) is 24.2 Å². The molecule has 1 aliphatic rings. The van der Waals surface area contributed by atoms with Crippen molar-refractivity contribution in [3.8, 4) is 0 Å². The van der Waals surface area contributed by atoms with Gasteiger partial charge in [-0.1, -0.05) is 6.92 Å². The molecule has 0 saturated carbocycles. The quantitative estimate of drug-likeness (QED) is 0.827. The topological polar surface area (TPSA) is 28.4 Å². The van der Waals surface area contributed by atoms with Crippen LogP contribution in [0.15, 0.2) is 23.0 Å². The number of furan rings is 1. The summed E-state index contributed by atoms with van der Waals surface area (Å²) < 4.78 is 5.11. The lowest BCUT2D eigenvalue weighted by molar-refractivity contribution is 0.206. The first-order valence-corrected chi connectivity index (χ1v) is 6.32. The molecule has 0 radical (unpaired) electrons. The molecule has 0 spiro atoms. The lowest BCUT2D eigenvalue weighted by Gasteiger charge is -2.29. The molecule has 3 nitrogen and oxygen atoms in total. The average Bonchev–Trinajstić information content (AvgIpc) is 2.82. The smallest absolute Gasteiger partial charge is 0.0947 e. The maximum absolute atomic E-state index is 5.11. The Labute approximate surface area is 97.8 Å². The Balaban J connectivity index is 1.80. The highest BCUT2D eigenvalue weighted by Gasteiger charge is 2.16. The summed E-state index contributed by atoms with van der Waals surface area (Å²) in [5, 5.41) is 3.42. The second-order valence-electron chi connectivity index (χ2n) is 4.65. The third-order valence-electron chi connectivity index (χ3n) is 3.41. The first-order valence-electron chi connectivity index (χ1n) is 6.32. The van der Waals surface area contributed by atoms with E-state index >= 15 is 0 Å². The van der Waals surface area contributed by atoms with E-state index in [0.717, 1.165) is 19.0 Å². The van der Waals surface area contributed by atoms with Crippen molar-refractivity contribution in [2.75, 3.05) is 26.2 Å². The van der Waals surface area contributed by atoms with E-state index in [9.17, 15) is 0 Å². The van der Waals surface area contributed by atoms with Gasteiger partial charge < -0.3 is 9.73 Å². The van der Waals surface area contributed by atoms with E-state index in [1.807, 2.05) is 6.26 Å². The Morgan fingerprint density at radius 1 is 1.44 bits per heavy atom. The number of nitrogens with one attached hydrogen (secondary N) is 1. The number of piperidine rings is 1. The Bertz CT molecular complexity index is 278. The van der Waals surface area contributed by atoms with E-state index in [-0.39, 0.29) is 0 Å². The predicted molar refractivity (Wildman–Crippen MR) is 65.3 cm³/mol. The highest BCUT2D eigenvalue weighted by Crippen LogP contribution is 2.15. The van der Waals surface area contributed by atoms with Crippen molar-refractivity contribution in [1.82, 2.24) is 10.2 Å². The number of hydrogen-bond acceptors (Lipinski definition) is 3. The van der Waals surface area contributed by atoms with Gasteiger partial charge in [0.05, 0.1) is 12.5 Å². The molecule has 0 bridgehead atoms. The lowest BCUT2D eigenvalue weighted by atomic mass is 9.97. The van der Waals surface area contributed by atoms with Crippen molar-refractivity contribution in [1.29, 1.82) is 0 Å². The molecule has 90 valence electrons. The van der Waals surface area contributed by atoms with Crippen molar-refractivity contribution >= 4 is 0 Å². The molecule has 0 aliphatic carbocycles. The zero-order valence-electron chi connectivity index (χ0n) is 10.1. The molecule has 1 aliphatic heterocycles. The van der Waals surface area contributed by atoms with Crippen LogP contribution in [0.1, 0.15) is 25.3 Å². The molecule has 0 unspecified atom stereocenters. The third kappa shape index (κ3) is 3.35. The minimum Gasteiger partial charge on any atom is -0.472 e. The first kappa shape index (κ1) is 11.7. The molecule has 0 amide bonds. The summed E-state index contributed by atoms with van der Waals surface area (Å²) in [6, 6.07) is 2.06. The van der Waals surface area contributed by atoms with Crippen LogP contribution in [0.4, 0.5) is 0 Å². The Morgan fingerprint density at radius 2 is 2.25 bits per heavy atom. The highest BCUT2D eigenvalue weighted by atomic mass is 16.3. The Kier molecular flexibility index (Phi) is 4.43. The van der Waals surface area contributed by atoms with E-state index in [1.54, 1.807) is 6.26 Å². The van der Waals surface area contributed by atoms with Gasteiger partial charge in [-0.3, -0.25) is 4.90 Å². The van der Waals surface area contributed by atoms with Gasteiger partial charge >= 0.3 is 0 Å². The molecule has 16 heavy (non-hydrogen) atoms. The Hall–Kier alpha value is -0.800. The fourth-order valence-corrected chi connectivity index (χ4v) is 2.38. The fourth-order valence-electron chi connectivity index (χ4n) is 2.38. The molecule has 1 saturated heterocycles. The molecule has 2 heterocycles. The van der Waals surface area contributed by atoms with Crippen LogP contribution in [0.5, 0.6) is 0 Å². The van der Waals surface area contributed by atoms with Crippen LogP contribution in [0.25, 0.3) is 0 Å². The summed E-state index contributed by atoms with van der Waals surface area (Å²) in [5.74, 6) is 0.869. The molecule has 1 aromatic rings. The van der Waals surface area contributed by atoms with Gasteiger partial charge in [-0.15, -0.1) is 0 Å². The summed E-state index contributed by atoms with van der Waals surface area (Å²) in [4.78, 5) is 2.51. The van der Waals surface area contributed by atoms with Crippen LogP contribution >= 0.6 is 0 Å². The molecule has 3 heteroatoms. The van der Waals surface area contributed by atoms with E-state index < -0.39 is 0 Å². The van der Waals surface area contributed by atoms with Gasteiger partial charge in [-0.05, 0) is 44.5 Å². The third-order valence-corrected chi connectivity index (χ3v) is 3.41. The monoisotopic (exact) mass is 222 g/mol. The second-order valence-corrected chi connectivity index (χ2v) is 4.65. The van der Waals surface area contributed by atoms with Crippen molar-refractivity contribution in [3.63, 3.8) is 0 Å². The summed E-state index contributed by atoms with van der Waals surface area (Å²) in [5.41, 5.74) is 1.29. The molecular weight excluding hydrogens is 200 g/mol. The predicted octanol–water partition coefficient (Wildman–Crippen LogP) is 2.10. The molecule has 0 atom stereocenters. The second kappa shape index (κ2) is 6.06. The fraction of sp³-hybridized carbons (Fsp3) is 0.692. The molecule has 1 fully saturated rings. The summed E-state index contributed by atoms with van der Waals surface area (Å²) >= 11 is 0. The number of hydrogen-bond donors (Lipinski definition) is 1. The first-order chi connectivity index (χ1) is 7.88.